The normalized spacial score (nSPS) is 12.6. The Morgan fingerprint density at radius 1 is 1.29 bits per heavy atom. The van der Waals surface area contributed by atoms with Crippen molar-refractivity contribution in [3.63, 3.8) is 0 Å². The van der Waals surface area contributed by atoms with Gasteiger partial charge < -0.3 is 0 Å². The van der Waals surface area contributed by atoms with E-state index in [-0.39, 0.29) is 6.04 Å². The molecule has 0 aliphatic rings. The molecule has 3 N–H and O–H groups in total. The summed E-state index contributed by atoms with van der Waals surface area (Å²) in [5, 5.41) is 0.781. The third-order valence-electron chi connectivity index (χ3n) is 2.52. The molecule has 0 spiro atoms. The van der Waals surface area contributed by atoms with Crippen molar-refractivity contribution in [3.05, 3.63) is 55.6 Å². The van der Waals surface area contributed by atoms with E-state index in [1.165, 1.54) is 4.88 Å². The molecule has 0 saturated carbocycles. The monoisotopic (exact) mass is 330 g/mol. The number of hydrazine groups is 1. The quantitative estimate of drug-likeness (QED) is 0.658. The van der Waals surface area contributed by atoms with Gasteiger partial charge in [0, 0.05) is 9.90 Å². The van der Waals surface area contributed by atoms with Gasteiger partial charge in [-0.3, -0.25) is 11.3 Å². The van der Waals surface area contributed by atoms with Crippen LogP contribution in [0.2, 0.25) is 5.02 Å². The molecule has 17 heavy (non-hydrogen) atoms. The molecule has 1 aromatic carbocycles. The molecule has 2 aromatic rings. The summed E-state index contributed by atoms with van der Waals surface area (Å²) in [4.78, 5) is 1.19. The van der Waals surface area contributed by atoms with Gasteiger partial charge >= 0.3 is 0 Å². The minimum atomic E-state index is 0.0891. The van der Waals surface area contributed by atoms with Gasteiger partial charge in [-0.1, -0.05) is 29.8 Å². The Bertz CT molecular complexity index is 501. The second-order valence-electron chi connectivity index (χ2n) is 3.66. The Morgan fingerprint density at radius 2 is 2.06 bits per heavy atom. The molecule has 1 heterocycles. The second kappa shape index (κ2) is 5.98. The van der Waals surface area contributed by atoms with E-state index in [1.54, 1.807) is 11.3 Å². The van der Waals surface area contributed by atoms with E-state index in [9.17, 15) is 0 Å². The maximum absolute atomic E-state index is 6.14. The van der Waals surface area contributed by atoms with Gasteiger partial charge in [-0.25, -0.2) is 0 Å². The molecule has 0 amide bonds. The lowest BCUT2D eigenvalue weighted by Gasteiger charge is -2.15. The average molecular weight is 332 g/mol. The zero-order valence-corrected chi connectivity index (χ0v) is 12.1. The molecule has 1 aromatic heterocycles. The van der Waals surface area contributed by atoms with Crippen molar-refractivity contribution in [1.29, 1.82) is 0 Å². The molecule has 1 unspecified atom stereocenters. The first kappa shape index (κ1) is 13.1. The van der Waals surface area contributed by atoms with Gasteiger partial charge in [-0.2, -0.15) is 0 Å². The number of hydrogen-bond acceptors (Lipinski definition) is 3. The van der Waals surface area contributed by atoms with Gasteiger partial charge in [0.1, 0.15) is 0 Å². The molecule has 1 atom stereocenters. The number of thiophene rings is 1. The molecule has 0 saturated heterocycles. The summed E-state index contributed by atoms with van der Waals surface area (Å²) in [6.45, 7) is 0. The van der Waals surface area contributed by atoms with Crippen LogP contribution < -0.4 is 11.3 Å². The number of halogens is 2. The first-order valence-electron chi connectivity index (χ1n) is 5.15. The van der Waals surface area contributed by atoms with Crippen molar-refractivity contribution in [2.45, 2.75) is 12.5 Å². The Morgan fingerprint density at radius 3 is 2.65 bits per heavy atom. The SMILES string of the molecule is NNC(Cc1ccccc1Cl)c1ccc(Br)s1. The van der Waals surface area contributed by atoms with Crippen molar-refractivity contribution < 1.29 is 0 Å². The lowest BCUT2D eigenvalue weighted by Crippen LogP contribution is -2.29. The maximum atomic E-state index is 6.14. The summed E-state index contributed by atoms with van der Waals surface area (Å²) in [7, 11) is 0. The fraction of sp³-hybridized carbons (Fsp3) is 0.167. The van der Waals surface area contributed by atoms with Crippen LogP contribution in [-0.2, 0) is 6.42 Å². The molecule has 0 aliphatic heterocycles. The summed E-state index contributed by atoms with van der Waals surface area (Å²) < 4.78 is 1.10. The first-order valence-corrected chi connectivity index (χ1v) is 7.14. The highest BCUT2D eigenvalue weighted by Crippen LogP contribution is 2.30. The van der Waals surface area contributed by atoms with E-state index in [0.717, 1.165) is 20.8 Å². The summed E-state index contributed by atoms with van der Waals surface area (Å²) in [5.74, 6) is 5.61. The fourth-order valence-electron chi connectivity index (χ4n) is 1.64. The number of nitrogens with one attached hydrogen (secondary N) is 1. The summed E-state index contributed by atoms with van der Waals surface area (Å²) >= 11 is 11.3. The van der Waals surface area contributed by atoms with Crippen LogP contribution in [0.25, 0.3) is 0 Å². The average Bonchev–Trinajstić information content (AvgIpc) is 2.75. The number of rotatable bonds is 4. The minimum Gasteiger partial charge on any atom is -0.271 e. The highest BCUT2D eigenvalue weighted by atomic mass is 79.9. The highest BCUT2D eigenvalue weighted by Gasteiger charge is 2.14. The van der Waals surface area contributed by atoms with Gasteiger partial charge in [0.25, 0.3) is 0 Å². The molecule has 2 rings (SSSR count). The molecule has 90 valence electrons. The second-order valence-corrected chi connectivity index (χ2v) is 6.56. The van der Waals surface area contributed by atoms with E-state index in [4.69, 9.17) is 17.4 Å². The molecule has 5 heteroatoms. The van der Waals surface area contributed by atoms with Crippen LogP contribution in [0.15, 0.2) is 40.2 Å². The summed E-state index contributed by atoms with van der Waals surface area (Å²) in [6, 6.07) is 12.0. The molecule has 2 nitrogen and oxygen atoms in total. The van der Waals surface area contributed by atoms with Crippen molar-refractivity contribution in [2.24, 2.45) is 5.84 Å². The lowest BCUT2D eigenvalue weighted by atomic mass is 10.1. The van der Waals surface area contributed by atoms with Crippen LogP contribution >= 0.6 is 38.9 Å². The van der Waals surface area contributed by atoms with Crippen LogP contribution in [-0.4, -0.2) is 0 Å². The van der Waals surface area contributed by atoms with Gasteiger partial charge in [-0.05, 0) is 46.1 Å². The van der Waals surface area contributed by atoms with E-state index in [2.05, 4.69) is 27.4 Å². The Hall–Kier alpha value is -0.390. The van der Waals surface area contributed by atoms with E-state index in [0.29, 0.717) is 0 Å². The first-order chi connectivity index (χ1) is 8.20. The van der Waals surface area contributed by atoms with Crippen LogP contribution in [0, 0.1) is 0 Å². The maximum Gasteiger partial charge on any atom is 0.0702 e. The van der Waals surface area contributed by atoms with Crippen molar-refractivity contribution in [3.8, 4) is 0 Å². The minimum absolute atomic E-state index is 0.0891. The van der Waals surface area contributed by atoms with E-state index < -0.39 is 0 Å². The van der Waals surface area contributed by atoms with Crippen molar-refractivity contribution in [1.82, 2.24) is 5.43 Å². The zero-order chi connectivity index (χ0) is 12.3. The highest BCUT2D eigenvalue weighted by molar-refractivity contribution is 9.11. The molecule has 0 aliphatic carbocycles. The van der Waals surface area contributed by atoms with Gasteiger partial charge in [0.2, 0.25) is 0 Å². The molecular weight excluding hydrogens is 320 g/mol. The Balaban J connectivity index is 2.18. The number of benzene rings is 1. The Labute approximate surface area is 118 Å². The van der Waals surface area contributed by atoms with Crippen LogP contribution in [0.3, 0.4) is 0 Å². The topological polar surface area (TPSA) is 38.0 Å². The van der Waals surface area contributed by atoms with Crippen LogP contribution in [0.5, 0.6) is 0 Å². The third kappa shape index (κ3) is 3.30. The standard InChI is InChI=1S/C12H12BrClN2S/c13-12-6-5-11(17-12)10(16-15)7-8-3-1-2-4-9(8)14/h1-6,10,16H,7,15H2. The molecule has 0 radical (unpaired) electrons. The van der Waals surface area contributed by atoms with Crippen molar-refractivity contribution >= 4 is 38.9 Å². The van der Waals surface area contributed by atoms with Crippen LogP contribution in [0.1, 0.15) is 16.5 Å². The van der Waals surface area contributed by atoms with E-state index >= 15 is 0 Å². The predicted octanol–water partition coefficient (Wildman–Crippen LogP) is 3.91. The molecular formula is C12H12BrClN2S. The summed E-state index contributed by atoms with van der Waals surface area (Å²) in [6.07, 6.45) is 0.781. The molecule has 0 fully saturated rings. The molecule has 0 bridgehead atoms. The smallest absolute Gasteiger partial charge is 0.0702 e. The third-order valence-corrected chi connectivity index (χ3v) is 4.63. The lowest BCUT2D eigenvalue weighted by molar-refractivity contribution is 0.561. The summed E-state index contributed by atoms with van der Waals surface area (Å²) in [5.41, 5.74) is 3.94. The van der Waals surface area contributed by atoms with Gasteiger partial charge in [0.15, 0.2) is 0 Å². The fourth-order valence-corrected chi connectivity index (χ4v) is 3.34. The number of hydrogen-bond donors (Lipinski definition) is 2. The van der Waals surface area contributed by atoms with Gasteiger partial charge in [0.05, 0.1) is 9.83 Å². The van der Waals surface area contributed by atoms with Crippen molar-refractivity contribution in [2.75, 3.05) is 0 Å². The number of nitrogens with two attached hydrogens (primary N) is 1. The van der Waals surface area contributed by atoms with Crippen LogP contribution in [0.4, 0.5) is 0 Å². The Kier molecular flexibility index (Phi) is 4.59. The van der Waals surface area contributed by atoms with Gasteiger partial charge in [-0.15, -0.1) is 11.3 Å². The zero-order valence-electron chi connectivity index (χ0n) is 8.99. The largest absolute Gasteiger partial charge is 0.271 e. The van der Waals surface area contributed by atoms with E-state index in [1.807, 2.05) is 30.3 Å². The predicted molar refractivity (Wildman–Crippen MR) is 77.2 cm³/mol.